The van der Waals surface area contributed by atoms with E-state index < -0.39 is 16.1 Å². The van der Waals surface area contributed by atoms with Crippen LogP contribution >= 0.6 is 0 Å². The first kappa shape index (κ1) is 20.4. The molecule has 0 aliphatic heterocycles. The van der Waals surface area contributed by atoms with Crippen LogP contribution in [0.2, 0.25) is 0 Å². The van der Waals surface area contributed by atoms with Gasteiger partial charge < -0.3 is 5.32 Å². The highest BCUT2D eigenvalue weighted by molar-refractivity contribution is 7.92. The summed E-state index contributed by atoms with van der Waals surface area (Å²) in [5, 5.41) is 3.90. The predicted molar refractivity (Wildman–Crippen MR) is 98.6 cm³/mol. The fourth-order valence-corrected chi connectivity index (χ4v) is 3.18. The molecule has 0 aliphatic rings. The number of hydrogen-bond donors (Lipinski definition) is 2. The van der Waals surface area contributed by atoms with Gasteiger partial charge in [-0.1, -0.05) is 58.0 Å². The Kier molecular flexibility index (Phi) is 8.15. The van der Waals surface area contributed by atoms with Gasteiger partial charge in [0.15, 0.2) is 0 Å². The van der Waals surface area contributed by atoms with E-state index in [1.807, 2.05) is 44.2 Å². The van der Waals surface area contributed by atoms with Crippen molar-refractivity contribution in [2.24, 2.45) is 11.8 Å². The maximum absolute atomic E-state index is 12.3. The van der Waals surface area contributed by atoms with Crippen LogP contribution in [0.25, 0.3) is 6.08 Å². The lowest BCUT2D eigenvalue weighted by Gasteiger charge is -2.21. The minimum absolute atomic E-state index is 0.149. The van der Waals surface area contributed by atoms with Gasteiger partial charge in [0, 0.05) is 12.0 Å². The van der Waals surface area contributed by atoms with Crippen LogP contribution in [0.4, 0.5) is 0 Å². The maximum atomic E-state index is 12.3. The Morgan fingerprint density at radius 2 is 1.75 bits per heavy atom. The largest absolute Gasteiger partial charge is 0.355 e. The number of carbonyl (C=O) groups is 1. The highest BCUT2D eigenvalue weighted by Gasteiger charge is 2.25. The summed E-state index contributed by atoms with van der Waals surface area (Å²) in [7, 11) is -3.70. The molecule has 24 heavy (non-hydrogen) atoms. The molecule has 2 N–H and O–H groups in total. The van der Waals surface area contributed by atoms with E-state index in [9.17, 15) is 13.2 Å². The topological polar surface area (TPSA) is 75.3 Å². The lowest BCUT2D eigenvalue weighted by Crippen LogP contribution is -2.49. The Hall–Kier alpha value is -1.66. The van der Waals surface area contributed by atoms with Gasteiger partial charge in [-0.05, 0) is 29.9 Å². The minimum Gasteiger partial charge on any atom is -0.355 e. The van der Waals surface area contributed by atoms with Crippen LogP contribution in [0.15, 0.2) is 35.7 Å². The zero-order valence-electron chi connectivity index (χ0n) is 14.8. The van der Waals surface area contributed by atoms with E-state index in [4.69, 9.17) is 0 Å². The molecule has 0 saturated carbocycles. The van der Waals surface area contributed by atoms with E-state index >= 15 is 0 Å². The fourth-order valence-electron chi connectivity index (χ4n) is 2.03. The molecule has 0 aliphatic carbocycles. The SMILES string of the molecule is CC(C)CCNC(=O)[C@@H](NS(=O)(=O)/C=C/c1ccccc1)C(C)C. The van der Waals surface area contributed by atoms with Gasteiger partial charge in [-0.15, -0.1) is 0 Å². The first-order valence-corrected chi connectivity index (χ1v) is 9.79. The normalized spacial score (nSPS) is 13.6. The Balaban J connectivity index is 2.72. The number of nitrogens with one attached hydrogen (secondary N) is 2. The third kappa shape index (κ3) is 7.75. The van der Waals surface area contributed by atoms with Crippen LogP contribution in [0.1, 0.15) is 39.7 Å². The zero-order chi connectivity index (χ0) is 18.2. The van der Waals surface area contributed by atoms with Crippen molar-refractivity contribution < 1.29 is 13.2 Å². The first-order valence-electron chi connectivity index (χ1n) is 8.24. The highest BCUT2D eigenvalue weighted by atomic mass is 32.2. The Labute approximate surface area is 145 Å². The van der Waals surface area contributed by atoms with Crippen LogP contribution in [-0.2, 0) is 14.8 Å². The number of carbonyl (C=O) groups excluding carboxylic acids is 1. The minimum atomic E-state index is -3.70. The van der Waals surface area contributed by atoms with Crippen molar-refractivity contribution in [3.63, 3.8) is 0 Å². The van der Waals surface area contributed by atoms with Crippen molar-refractivity contribution in [3.05, 3.63) is 41.3 Å². The van der Waals surface area contributed by atoms with Crippen molar-refractivity contribution in [2.45, 2.75) is 40.2 Å². The van der Waals surface area contributed by atoms with E-state index in [0.717, 1.165) is 17.4 Å². The summed E-state index contributed by atoms with van der Waals surface area (Å²) < 4.78 is 26.9. The second-order valence-electron chi connectivity index (χ2n) is 6.57. The van der Waals surface area contributed by atoms with Crippen molar-refractivity contribution in [3.8, 4) is 0 Å². The molecule has 1 aromatic carbocycles. The van der Waals surface area contributed by atoms with E-state index in [0.29, 0.717) is 12.5 Å². The van der Waals surface area contributed by atoms with Gasteiger partial charge in [-0.3, -0.25) is 4.79 Å². The molecule has 1 rings (SSSR count). The molecule has 1 atom stereocenters. The molecule has 0 heterocycles. The van der Waals surface area contributed by atoms with E-state index in [1.165, 1.54) is 6.08 Å². The van der Waals surface area contributed by atoms with Gasteiger partial charge >= 0.3 is 0 Å². The van der Waals surface area contributed by atoms with Crippen molar-refractivity contribution >= 4 is 22.0 Å². The summed E-state index contributed by atoms with van der Waals surface area (Å²) in [5.74, 6) is 0.0413. The smallest absolute Gasteiger partial charge is 0.238 e. The fraction of sp³-hybridized carbons (Fsp3) is 0.500. The van der Waals surface area contributed by atoms with E-state index in [2.05, 4.69) is 23.9 Å². The van der Waals surface area contributed by atoms with Crippen LogP contribution < -0.4 is 10.0 Å². The lowest BCUT2D eigenvalue weighted by atomic mass is 10.0. The average Bonchev–Trinajstić information content (AvgIpc) is 2.51. The Morgan fingerprint density at radius 3 is 2.29 bits per heavy atom. The number of sulfonamides is 1. The summed E-state index contributed by atoms with van der Waals surface area (Å²) in [4.78, 5) is 12.3. The first-order chi connectivity index (χ1) is 11.2. The van der Waals surface area contributed by atoms with Crippen molar-refractivity contribution in [1.29, 1.82) is 0 Å². The van der Waals surface area contributed by atoms with E-state index in [-0.39, 0.29) is 11.8 Å². The second-order valence-corrected chi connectivity index (χ2v) is 8.17. The second kappa shape index (κ2) is 9.59. The van der Waals surface area contributed by atoms with Gasteiger partial charge in [0.05, 0.1) is 0 Å². The molecule has 0 fully saturated rings. The summed E-state index contributed by atoms with van der Waals surface area (Å²) in [6, 6.07) is 8.36. The van der Waals surface area contributed by atoms with Crippen molar-refractivity contribution in [1.82, 2.24) is 10.0 Å². The van der Waals surface area contributed by atoms with Gasteiger partial charge in [-0.2, -0.15) is 4.72 Å². The Morgan fingerprint density at radius 1 is 1.12 bits per heavy atom. The van der Waals surface area contributed by atoms with Crippen LogP contribution in [-0.4, -0.2) is 26.9 Å². The maximum Gasteiger partial charge on any atom is 0.238 e. The summed E-state index contributed by atoms with van der Waals surface area (Å²) in [5.41, 5.74) is 0.783. The molecule has 1 amide bonds. The van der Waals surface area contributed by atoms with Crippen LogP contribution in [0, 0.1) is 11.8 Å². The Bertz CT molecular complexity index is 637. The molecule has 0 unspecified atom stereocenters. The molecule has 6 heteroatoms. The molecule has 0 aromatic heterocycles. The molecular weight excluding hydrogens is 324 g/mol. The molecule has 134 valence electrons. The summed E-state index contributed by atoms with van der Waals surface area (Å²) >= 11 is 0. The number of hydrogen-bond acceptors (Lipinski definition) is 3. The molecule has 5 nitrogen and oxygen atoms in total. The standard InChI is InChI=1S/C18H28N2O3S/c1-14(2)10-12-19-18(21)17(15(3)4)20-24(22,23)13-11-16-8-6-5-7-9-16/h5-9,11,13-15,17,20H,10,12H2,1-4H3,(H,19,21)/b13-11+/t17-/m0/s1. The molecule has 0 saturated heterocycles. The number of rotatable bonds is 9. The molecule has 1 aromatic rings. The van der Waals surface area contributed by atoms with Gasteiger partial charge in [0.2, 0.25) is 15.9 Å². The zero-order valence-corrected chi connectivity index (χ0v) is 15.6. The van der Waals surface area contributed by atoms with Crippen LogP contribution in [0.3, 0.4) is 0 Å². The van der Waals surface area contributed by atoms with Gasteiger partial charge in [-0.25, -0.2) is 8.42 Å². The highest BCUT2D eigenvalue weighted by Crippen LogP contribution is 2.07. The quantitative estimate of drug-likeness (QED) is 0.717. The van der Waals surface area contributed by atoms with Gasteiger partial charge in [0.1, 0.15) is 6.04 Å². The number of benzene rings is 1. The third-order valence-electron chi connectivity index (χ3n) is 3.50. The molecule has 0 spiro atoms. The lowest BCUT2D eigenvalue weighted by molar-refractivity contribution is -0.123. The third-order valence-corrected chi connectivity index (χ3v) is 4.58. The van der Waals surface area contributed by atoms with E-state index in [1.54, 1.807) is 0 Å². The predicted octanol–water partition coefficient (Wildman–Crippen LogP) is 2.76. The molecule has 0 radical (unpaired) electrons. The average molecular weight is 353 g/mol. The molecule has 0 bridgehead atoms. The van der Waals surface area contributed by atoms with Crippen LogP contribution in [0.5, 0.6) is 0 Å². The molecular formula is C18H28N2O3S. The summed E-state index contributed by atoms with van der Waals surface area (Å²) in [6.07, 6.45) is 2.37. The van der Waals surface area contributed by atoms with Gasteiger partial charge in [0.25, 0.3) is 0 Å². The monoisotopic (exact) mass is 352 g/mol. The van der Waals surface area contributed by atoms with Crippen molar-refractivity contribution in [2.75, 3.05) is 6.54 Å². The summed E-state index contributed by atoms with van der Waals surface area (Å²) in [6.45, 7) is 8.32. The number of amides is 1.